The quantitative estimate of drug-likeness (QED) is 0.802. The van der Waals surface area contributed by atoms with Crippen LogP contribution in [0.4, 0.5) is 17.6 Å². The Balaban J connectivity index is 1.98. The van der Waals surface area contributed by atoms with Crippen LogP contribution in [0, 0.1) is 5.82 Å². The van der Waals surface area contributed by atoms with E-state index < -0.39 is 24.5 Å². The van der Waals surface area contributed by atoms with Crippen LogP contribution in [0.25, 0.3) is 0 Å². The normalized spacial score (nSPS) is 11.1. The largest absolute Gasteiger partial charge is 0.497 e. The third-order valence-corrected chi connectivity index (χ3v) is 3.17. The molecule has 0 bridgehead atoms. The molecule has 25 heavy (non-hydrogen) atoms. The minimum Gasteiger partial charge on any atom is -0.497 e. The lowest BCUT2D eigenvalue weighted by Gasteiger charge is -2.11. The second-order valence-electron chi connectivity index (χ2n) is 5.08. The molecular weight excluding hydrogens is 342 g/mol. The molecule has 1 N–H and O–H groups in total. The highest BCUT2D eigenvalue weighted by molar-refractivity contribution is 5.94. The van der Waals surface area contributed by atoms with E-state index in [1.165, 1.54) is 37.4 Å². The molecule has 0 aliphatic heterocycles. The summed E-state index contributed by atoms with van der Waals surface area (Å²) in [7, 11) is 1.38. The molecule has 0 atom stereocenters. The zero-order valence-electron chi connectivity index (χ0n) is 13.2. The van der Waals surface area contributed by atoms with Crippen molar-refractivity contribution >= 4 is 5.91 Å². The first kappa shape index (κ1) is 18.6. The van der Waals surface area contributed by atoms with Crippen molar-refractivity contribution in [3.8, 4) is 11.5 Å². The van der Waals surface area contributed by atoms with Gasteiger partial charge in [0.05, 0.1) is 12.7 Å². The maximum atomic E-state index is 13.8. The Morgan fingerprint density at radius 2 is 1.88 bits per heavy atom. The number of halogens is 4. The summed E-state index contributed by atoms with van der Waals surface area (Å²) in [6, 6.07) is 9.67. The van der Waals surface area contributed by atoms with Crippen LogP contribution < -0.4 is 14.8 Å². The van der Waals surface area contributed by atoms with Gasteiger partial charge in [-0.25, -0.2) is 4.39 Å². The number of benzene rings is 2. The van der Waals surface area contributed by atoms with E-state index in [1.54, 1.807) is 6.07 Å². The van der Waals surface area contributed by atoms with Crippen LogP contribution >= 0.6 is 0 Å². The predicted molar refractivity (Wildman–Crippen MR) is 82.1 cm³/mol. The van der Waals surface area contributed by atoms with Crippen molar-refractivity contribution in [3.63, 3.8) is 0 Å². The first-order valence-corrected chi connectivity index (χ1v) is 7.19. The van der Waals surface area contributed by atoms with E-state index in [1.807, 2.05) is 0 Å². The van der Waals surface area contributed by atoms with E-state index in [0.29, 0.717) is 5.56 Å². The van der Waals surface area contributed by atoms with Gasteiger partial charge in [0.15, 0.2) is 6.61 Å². The van der Waals surface area contributed by atoms with Gasteiger partial charge in [0, 0.05) is 12.6 Å². The molecule has 2 rings (SSSR count). The van der Waals surface area contributed by atoms with Crippen molar-refractivity contribution < 1.29 is 31.8 Å². The Morgan fingerprint density at radius 3 is 2.52 bits per heavy atom. The molecular formula is C17H15F4NO3. The first-order valence-electron chi connectivity index (χ1n) is 7.19. The monoisotopic (exact) mass is 357 g/mol. The van der Waals surface area contributed by atoms with Crippen molar-refractivity contribution in [1.82, 2.24) is 5.32 Å². The number of methoxy groups -OCH3 is 1. The van der Waals surface area contributed by atoms with Crippen LogP contribution in [0.1, 0.15) is 15.9 Å². The van der Waals surface area contributed by atoms with Gasteiger partial charge in [0.25, 0.3) is 5.91 Å². The molecule has 0 spiro atoms. The molecule has 134 valence electrons. The summed E-state index contributed by atoms with van der Waals surface area (Å²) in [5, 5.41) is 2.50. The number of nitrogens with one attached hydrogen (secondary N) is 1. The zero-order valence-corrected chi connectivity index (χ0v) is 13.2. The smallest absolute Gasteiger partial charge is 0.422 e. The number of rotatable bonds is 6. The summed E-state index contributed by atoms with van der Waals surface area (Å²) >= 11 is 0. The third-order valence-electron chi connectivity index (χ3n) is 3.17. The molecule has 0 heterocycles. The van der Waals surface area contributed by atoms with E-state index in [2.05, 4.69) is 10.1 Å². The summed E-state index contributed by atoms with van der Waals surface area (Å²) < 4.78 is 59.8. The average molecular weight is 357 g/mol. The minimum absolute atomic E-state index is 0.00746. The number of carbonyl (C=O) groups is 1. The Bertz CT molecular complexity index is 747. The number of hydrogen-bond donors (Lipinski definition) is 1. The van der Waals surface area contributed by atoms with Crippen molar-refractivity contribution in [2.75, 3.05) is 13.7 Å². The standard InChI is InChI=1S/C17H15F4NO3/c1-24-12-5-6-14(15(18)8-12)16(23)22-9-11-3-2-4-13(7-11)25-10-17(19,20)21/h2-8H,9-10H2,1H3,(H,22,23). The number of carbonyl (C=O) groups excluding carboxylic acids is 1. The van der Waals surface area contributed by atoms with Gasteiger partial charge in [0.1, 0.15) is 17.3 Å². The number of amides is 1. The molecule has 1 amide bonds. The average Bonchev–Trinajstić information content (AvgIpc) is 2.57. The van der Waals surface area contributed by atoms with Crippen LogP contribution in [-0.4, -0.2) is 25.8 Å². The summed E-state index contributed by atoms with van der Waals surface area (Å²) in [5.41, 5.74) is 0.354. The highest BCUT2D eigenvalue weighted by atomic mass is 19.4. The fraction of sp³-hybridized carbons (Fsp3) is 0.235. The van der Waals surface area contributed by atoms with E-state index in [0.717, 1.165) is 6.07 Å². The van der Waals surface area contributed by atoms with Gasteiger partial charge in [0.2, 0.25) is 0 Å². The molecule has 8 heteroatoms. The lowest BCUT2D eigenvalue weighted by atomic mass is 10.1. The number of hydrogen-bond acceptors (Lipinski definition) is 3. The molecule has 0 fully saturated rings. The van der Waals surface area contributed by atoms with Crippen LogP contribution in [0.15, 0.2) is 42.5 Å². The van der Waals surface area contributed by atoms with Crippen LogP contribution in [0.3, 0.4) is 0 Å². The van der Waals surface area contributed by atoms with Gasteiger partial charge in [-0.3, -0.25) is 4.79 Å². The molecule has 0 saturated heterocycles. The summed E-state index contributed by atoms with van der Waals surface area (Å²) in [5.74, 6) is -1.08. The fourth-order valence-electron chi connectivity index (χ4n) is 1.99. The van der Waals surface area contributed by atoms with Crippen molar-refractivity contribution in [1.29, 1.82) is 0 Å². The molecule has 0 unspecified atom stereocenters. The fourth-order valence-corrected chi connectivity index (χ4v) is 1.99. The lowest BCUT2D eigenvalue weighted by molar-refractivity contribution is -0.153. The lowest BCUT2D eigenvalue weighted by Crippen LogP contribution is -2.24. The van der Waals surface area contributed by atoms with Gasteiger partial charge in [-0.05, 0) is 29.8 Å². The van der Waals surface area contributed by atoms with E-state index in [4.69, 9.17) is 4.74 Å². The first-order chi connectivity index (χ1) is 11.8. The molecule has 2 aromatic carbocycles. The molecule has 0 saturated carbocycles. The third kappa shape index (κ3) is 5.66. The minimum atomic E-state index is -4.43. The number of alkyl halides is 3. The maximum absolute atomic E-state index is 13.8. The summed E-state index contributed by atoms with van der Waals surface area (Å²) in [6.45, 7) is -1.40. The van der Waals surface area contributed by atoms with Crippen LogP contribution in [0.5, 0.6) is 11.5 Å². The Hall–Kier alpha value is -2.77. The van der Waals surface area contributed by atoms with Crippen molar-refractivity contribution in [2.45, 2.75) is 12.7 Å². The molecule has 4 nitrogen and oxygen atoms in total. The van der Waals surface area contributed by atoms with Gasteiger partial charge < -0.3 is 14.8 Å². The highest BCUT2D eigenvalue weighted by Gasteiger charge is 2.28. The second kappa shape index (κ2) is 7.87. The summed E-state index contributed by atoms with van der Waals surface area (Å²) in [4.78, 5) is 12.0. The second-order valence-corrected chi connectivity index (χ2v) is 5.08. The Labute approximate surface area is 141 Å². The zero-order chi connectivity index (χ0) is 18.4. The van der Waals surface area contributed by atoms with E-state index in [-0.39, 0.29) is 23.6 Å². The molecule has 0 aliphatic rings. The van der Waals surface area contributed by atoms with Crippen LogP contribution in [0.2, 0.25) is 0 Å². The Kier molecular flexibility index (Phi) is 5.84. The predicted octanol–water partition coefficient (Wildman–Crippen LogP) is 3.71. The highest BCUT2D eigenvalue weighted by Crippen LogP contribution is 2.20. The van der Waals surface area contributed by atoms with Gasteiger partial charge >= 0.3 is 6.18 Å². The Morgan fingerprint density at radius 1 is 1.12 bits per heavy atom. The van der Waals surface area contributed by atoms with Crippen molar-refractivity contribution in [2.24, 2.45) is 0 Å². The van der Waals surface area contributed by atoms with Gasteiger partial charge in [-0.2, -0.15) is 13.2 Å². The topological polar surface area (TPSA) is 47.6 Å². The van der Waals surface area contributed by atoms with E-state index >= 15 is 0 Å². The molecule has 2 aromatic rings. The molecule has 0 aliphatic carbocycles. The maximum Gasteiger partial charge on any atom is 0.422 e. The van der Waals surface area contributed by atoms with E-state index in [9.17, 15) is 22.4 Å². The van der Waals surface area contributed by atoms with Gasteiger partial charge in [-0.15, -0.1) is 0 Å². The van der Waals surface area contributed by atoms with Crippen molar-refractivity contribution in [3.05, 3.63) is 59.4 Å². The molecule has 0 aromatic heterocycles. The molecule has 0 radical (unpaired) electrons. The van der Waals surface area contributed by atoms with Crippen LogP contribution in [-0.2, 0) is 6.54 Å². The van der Waals surface area contributed by atoms with Gasteiger partial charge in [-0.1, -0.05) is 12.1 Å². The summed E-state index contributed by atoms with van der Waals surface area (Å²) in [6.07, 6.45) is -4.43. The SMILES string of the molecule is COc1ccc(C(=O)NCc2cccc(OCC(F)(F)F)c2)c(F)c1. The number of ether oxygens (including phenoxy) is 2.